The summed E-state index contributed by atoms with van der Waals surface area (Å²) in [6.45, 7) is 2.03. The first-order valence-electron chi connectivity index (χ1n) is 7.92. The van der Waals surface area contributed by atoms with Gasteiger partial charge in [-0.2, -0.15) is 4.57 Å². The second-order valence-electron chi connectivity index (χ2n) is 5.79. The lowest BCUT2D eigenvalue weighted by molar-refractivity contribution is -0.646. The average Bonchev–Trinajstić information content (AvgIpc) is 2.61. The van der Waals surface area contributed by atoms with E-state index in [0.29, 0.717) is 0 Å². The van der Waals surface area contributed by atoms with E-state index in [4.69, 9.17) is 9.47 Å². The zero-order valence-electron chi connectivity index (χ0n) is 14.5. The topological polar surface area (TPSA) is 22.3 Å². The molecule has 0 unspecified atom stereocenters. The number of aromatic nitrogens is 1. The van der Waals surface area contributed by atoms with Gasteiger partial charge in [0.05, 0.1) is 19.8 Å². The second kappa shape index (κ2) is 6.75. The standard InChI is InChI=1S/C21H22NO2/c1-15-13-20(23-3)18(21(14-15)24-4)12-11-17-10-9-16-7-5-6-8-19(16)22(17)2/h5-14H,1-4H3/q+1/b12-11+. The van der Waals surface area contributed by atoms with Crippen LogP contribution in [0.15, 0.2) is 48.5 Å². The number of nitrogens with zero attached hydrogens (tertiary/aromatic N) is 1. The smallest absolute Gasteiger partial charge is 0.212 e. The van der Waals surface area contributed by atoms with E-state index in [2.05, 4.69) is 54.1 Å². The van der Waals surface area contributed by atoms with E-state index < -0.39 is 0 Å². The van der Waals surface area contributed by atoms with Crippen molar-refractivity contribution in [3.05, 3.63) is 65.4 Å². The van der Waals surface area contributed by atoms with Crippen molar-refractivity contribution in [1.82, 2.24) is 0 Å². The van der Waals surface area contributed by atoms with Gasteiger partial charge in [0.25, 0.3) is 0 Å². The number of ether oxygens (including phenoxy) is 2. The van der Waals surface area contributed by atoms with Crippen LogP contribution in [0.5, 0.6) is 11.5 Å². The monoisotopic (exact) mass is 320 g/mol. The zero-order chi connectivity index (χ0) is 17.1. The Morgan fingerprint density at radius 2 is 1.54 bits per heavy atom. The van der Waals surface area contributed by atoms with Crippen LogP contribution in [-0.2, 0) is 7.05 Å². The van der Waals surface area contributed by atoms with Gasteiger partial charge in [-0.3, -0.25) is 0 Å². The highest BCUT2D eigenvalue weighted by atomic mass is 16.5. The average molecular weight is 320 g/mol. The fourth-order valence-electron chi connectivity index (χ4n) is 2.93. The Hall–Kier alpha value is -2.81. The molecule has 122 valence electrons. The summed E-state index contributed by atoms with van der Waals surface area (Å²) in [5.41, 5.74) is 4.36. The third kappa shape index (κ3) is 2.98. The first-order valence-corrected chi connectivity index (χ1v) is 7.92. The molecule has 0 aliphatic heterocycles. The molecule has 0 aliphatic rings. The number of benzene rings is 2. The van der Waals surface area contributed by atoms with Crippen molar-refractivity contribution in [3.63, 3.8) is 0 Å². The van der Waals surface area contributed by atoms with Crippen LogP contribution in [0.4, 0.5) is 0 Å². The van der Waals surface area contributed by atoms with E-state index in [-0.39, 0.29) is 0 Å². The molecule has 3 heteroatoms. The van der Waals surface area contributed by atoms with Crippen LogP contribution in [0.3, 0.4) is 0 Å². The molecular weight excluding hydrogens is 298 g/mol. The molecule has 24 heavy (non-hydrogen) atoms. The summed E-state index contributed by atoms with van der Waals surface area (Å²) in [5, 5.41) is 1.22. The Bertz CT molecular complexity index is 888. The first-order chi connectivity index (χ1) is 11.6. The molecule has 2 aromatic carbocycles. The lowest BCUT2D eigenvalue weighted by Crippen LogP contribution is -2.32. The van der Waals surface area contributed by atoms with Gasteiger partial charge in [-0.25, -0.2) is 0 Å². The largest absolute Gasteiger partial charge is 0.496 e. The maximum absolute atomic E-state index is 5.52. The summed E-state index contributed by atoms with van der Waals surface area (Å²) in [6.07, 6.45) is 4.13. The maximum atomic E-state index is 5.52. The molecule has 3 aromatic rings. The van der Waals surface area contributed by atoms with Gasteiger partial charge in [-0.1, -0.05) is 12.1 Å². The van der Waals surface area contributed by atoms with E-state index >= 15 is 0 Å². The predicted octanol–water partition coefficient (Wildman–Crippen LogP) is 4.16. The van der Waals surface area contributed by atoms with Crippen LogP contribution < -0.4 is 14.0 Å². The maximum Gasteiger partial charge on any atom is 0.212 e. The molecule has 0 amide bonds. The van der Waals surface area contributed by atoms with Gasteiger partial charge in [-0.05, 0) is 42.8 Å². The minimum Gasteiger partial charge on any atom is -0.496 e. The van der Waals surface area contributed by atoms with Crippen LogP contribution in [0.1, 0.15) is 16.8 Å². The van der Waals surface area contributed by atoms with Crippen molar-refractivity contribution in [1.29, 1.82) is 0 Å². The summed E-state index contributed by atoms with van der Waals surface area (Å²) in [6, 6.07) is 16.6. The van der Waals surface area contributed by atoms with Crippen molar-refractivity contribution in [2.24, 2.45) is 7.05 Å². The van der Waals surface area contributed by atoms with E-state index in [1.54, 1.807) is 14.2 Å². The Morgan fingerprint density at radius 1 is 0.875 bits per heavy atom. The van der Waals surface area contributed by atoms with Crippen molar-refractivity contribution in [2.75, 3.05) is 14.2 Å². The van der Waals surface area contributed by atoms with Crippen LogP contribution in [0.2, 0.25) is 0 Å². The Labute approximate surface area is 142 Å². The van der Waals surface area contributed by atoms with Gasteiger partial charge in [0.1, 0.15) is 18.5 Å². The van der Waals surface area contributed by atoms with E-state index in [0.717, 1.165) is 28.3 Å². The highest BCUT2D eigenvalue weighted by Gasteiger charge is 2.11. The van der Waals surface area contributed by atoms with Crippen molar-refractivity contribution < 1.29 is 14.0 Å². The van der Waals surface area contributed by atoms with E-state index in [1.807, 2.05) is 25.1 Å². The quantitative estimate of drug-likeness (QED) is 0.674. The molecule has 3 nitrogen and oxygen atoms in total. The minimum absolute atomic E-state index is 0.812. The van der Waals surface area contributed by atoms with Crippen LogP contribution in [-0.4, -0.2) is 14.2 Å². The fraction of sp³-hybridized carbons (Fsp3) is 0.190. The molecule has 1 heterocycles. The number of hydrogen-bond acceptors (Lipinski definition) is 2. The molecule has 1 aromatic heterocycles. The Kier molecular flexibility index (Phi) is 4.52. The number of hydrogen-bond donors (Lipinski definition) is 0. The lowest BCUT2D eigenvalue weighted by Gasteiger charge is -2.11. The van der Waals surface area contributed by atoms with Crippen molar-refractivity contribution in [3.8, 4) is 11.5 Å². The third-order valence-corrected chi connectivity index (χ3v) is 4.23. The number of pyridine rings is 1. The number of fused-ring (bicyclic) bond motifs is 1. The van der Waals surface area contributed by atoms with Crippen molar-refractivity contribution in [2.45, 2.75) is 6.92 Å². The van der Waals surface area contributed by atoms with Gasteiger partial charge in [0.2, 0.25) is 11.2 Å². The molecule has 0 bridgehead atoms. The van der Waals surface area contributed by atoms with Crippen molar-refractivity contribution >= 4 is 23.1 Å². The highest BCUT2D eigenvalue weighted by molar-refractivity contribution is 5.79. The molecule has 0 atom stereocenters. The molecule has 3 rings (SSSR count). The minimum atomic E-state index is 0.812. The van der Waals surface area contributed by atoms with Gasteiger partial charge in [0.15, 0.2) is 0 Å². The van der Waals surface area contributed by atoms with Gasteiger partial charge < -0.3 is 9.47 Å². The Morgan fingerprint density at radius 3 is 2.21 bits per heavy atom. The molecule has 0 saturated heterocycles. The molecule has 0 fully saturated rings. The van der Waals surface area contributed by atoms with Crippen LogP contribution in [0.25, 0.3) is 23.1 Å². The predicted molar refractivity (Wildman–Crippen MR) is 98.3 cm³/mol. The van der Waals surface area contributed by atoms with Crippen LogP contribution in [0, 0.1) is 6.92 Å². The molecule has 0 radical (unpaired) electrons. The first kappa shape index (κ1) is 16.1. The third-order valence-electron chi connectivity index (χ3n) is 4.23. The summed E-state index contributed by atoms with van der Waals surface area (Å²) in [5.74, 6) is 1.62. The van der Waals surface area contributed by atoms with Gasteiger partial charge >= 0.3 is 0 Å². The Balaban J connectivity index is 2.07. The van der Waals surface area contributed by atoms with E-state index in [1.165, 1.54) is 10.9 Å². The summed E-state index contributed by atoms with van der Waals surface area (Å²) in [4.78, 5) is 0. The van der Waals surface area contributed by atoms with Crippen LogP contribution >= 0.6 is 0 Å². The number of rotatable bonds is 4. The SMILES string of the molecule is COc1cc(C)cc(OC)c1/C=C/c1ccc2ccccc2[n+]1C. The number of methoxy groups -OCH3 is 2. The lowest BCUT2D eigenvalue weighted by atomic mass is 10.1. The summed E-state index contributed by atoms with van der Waals surface area (Å²) < 4.78 is 13.2. The molecular formula is C21H22NO2+. The summed E-state index contributed by atoms with van der Waals surface area (Å²) >= 11 is 0. The van der Waals surface area contributed by atoms with Gasteiger partial charge in [-0.15, -0.1) is 0 Å². The molecule has 0 spiro atoms. The zero-order valence-corrected chi connectivity index (χ0v) is 14.5. The summed E-state index contributed by atoms with van der Waals surface area (Å²) in [7, 11) is 5.44. The molecule has 0 saturated carbocycles. The highest BCUT2D eigenvalue weighted by Crippen LogP contribution is 2.32. The normalized spacial score (nSPS) is 11.2. The van der Waals surface area contributed by atoms with Gasteiger partial charge in [0, 0.05) is 23.6 Å². The number of para-hydroxylation sites is 1. The number of aryl methyl sites for hydroxylation is 2. The van der Waals surface area contributed by atoms with E-state index in [9.17, 15) is 0 Å². The second-order valence-corrected chi connectivity index (χ2v) is 5.79. The molecule has 0 N–H and O–H groups in total. The molecule has 0 aliphatic carbocycles. The fourth-order valence-corrected chi connectivity index (χ4v) is 2.93.